The Hall–Kier alpha value is -2.41. The summed E-state index contributed by atoms with van der Waals surface area (Å²) in [6.07, 6.45) is 12.2. The molecule has 1 aromatic carbocycles. The molecule has 0 unspecified atom stereocenters. The molecule has 1 saturated heterocycles. The number of nitrogens with zero attached hydrogens (tertiary/aromatic N) is 2. The predicted molar refractivity (Wildman–Crippen MR) is 138 cm³/mol. The Kier molecular flexibility index (Phi) is 4.76. The molecule has 6 heteroatoms. The molecular weight excluding hydrogens is 464 g/mol. The smallest absolute Gasteiger partial charge is 0.165 e. The molecule has 0 radical (unpaired) electrons. The van der Waals surface area contributed by atoms with Crippen molar-refractivity contribution in [3.8, 4) is 11.5 Å². The van der Waals surface area contributed by atoms with Crippen molar-refractivity contribution in [1.82, 2.24) is 9.88 Å². The van der Waals surface area contributed by atoms with Gasteiger partial charge in [-0.05, 0) is 87.6 Å². The zero-order chi connectivity index (χ0) is 24.8. The van der Waals surface area contributed by atoms with E-state index in [2.05, 4.69) is 22.0 Å². The van der Waals surface area contributed by atoms with Crippen LogP contribution in [0.15, 0.2) is 48.2 Å². The minimum absolute atomic E-state index is 0.0934. The van der Waals surface area contributed by atoms with Crippen molar-refractivity contribution in [3.63, 3.8) is 0 Å². The van der Waals surface area contributed by atoms with Gasteiger partial charge in [0, 0.05) is 29.8 Å². The first-order chi connectivity index (χ1) is 18.1. The molecule has 2 aromatic rings. The van der Waals surface area contributed by atoms with Crippen molar-refractivity contribution in [2.45, 2.75) is 81.1 Å². The third kappa shape index (κ3) is 2.95. The van der Waals surface area contributed by atoms with Gasteiger partial charge in [0.2, 0.25) is 0 Å². The molecule has 194 valence electrons. The minimum Gasteiger partial charge on any atom is -0.504 e. The van der Waals surface area contributed by atoms with Gasteiger partial charge in [0.25, 0.3) is 0 Å². The molecule has 6 nitrogen and oxygen atoms in total. The van der Waals surface area contributed by atoms with E-state index in [9.17, 15) is 10.2 Å². The lowest BCUT2D eigenvalue weighted by Gasteiger charge is -2.68. The number of aromatic nitrogens is 1. The summed E-state index contributed by atoms with van der Waals surface area (Å²) < 4.78 is 12.8. The van der Waals surface area contributed by atoms with E-state index in [4.69, 9.17) is 9.47 Å². The predicted octanol–water partition coefficient (Wildman–Crippen LogP) is 4.27. The van der Waals surface area contributed by atoms with Gasteiger partial charge in [-0.25, -0.2) is 0 Å². The molecule has 0 amide bonds. The monoisotopic (exact) mass is 500 g/mol. The third-order valence-corrected chi connectivity index (χ3v) is 10.9. The quantitative estimate of drug-likeness (QED) is 0.456. The van der Waals surface area contributed by atoms with Crippen LogP contribution >= 0.6 is 0 Å². The fraction of sp³-hybridized carbons (Fsp3) is 0.581. The van der Waals surface area contributed by atoms with E-state index in [1.54, 1.807) is 6.20 Å². The van der Waals surface area contributed by atoms with Crippen molar-refractivity contribution in [2.24, 2.45) is 11.3 Å². The average Bonchev–Trinajstić information content (AvgIpc) is 3.64. The highest BCUT2D eigenvalue weighted by molar-refractivity contribution is 5.63. The Morgan fingerprint density at radius 2 is 2.05 bits per heavy atom. The second-order valence-electron chi connectivity index (χ2n) is 12.5. The zero-order valence-electron chi connectivity index (χ0n) is 21.4. The van der Waals surface area contributed by atoms with Gasteiger partial charge in [0.15, 0.2) is 11.5 Å². The molecule has 2 N–H and O–H groups in total. The highest BCUT2D eigenvalue weighted by atomic mass is 16.5. The number of ether oxygens (including phenoxy) is 2. The molecule has 4 aliphatic carbocycles. The summed E-state index contributed by atoms with van der Waals surface area (Å²) in [5.74, 6) is 1.67. The first kappa shape index (κ1) is 22.6. The number of likely N-dealkylation sites (tertiary alicyclic amines) is 1. The van der Waals surface area contributed by atoms with Crippen LogP contribution in [-0.4, -0.2) is 57.5 Å². The molecule has 2 spiro atoms. The van der Waals surface area contributed by atoms with Crippen molar-refractivity contribution >= 4 is 0 Å². The molecular formula is C31H36N2O4. The van der Waals surface area contributed by atoms with Crippen molar-refractivity contribution in [3.05, 3.63) is 65.0 Å². The minimum atomic E-state index is -0.821. The number of hydrogen-bond donors (Lipinski definition) is 2. The molecule has 1 aromatic heterocycles. The van der Waals surface area contributed by atoms with Crippen LogP contribution in [0.5, 0.6) is 11.5 Å². The van der Waals surface area contributed by atoms with Crippen LogP contribution in [0.4, 0.5) is 0 Å². The van der Waals surface area contributed by atoms with E-state index in [0.29, 0.717) is 19.0 Å². The summed E-state index contributed by atoms with van der Waals surface area (Å²) in [4.78, 5) is 6.96. The maximum Gasteiger partial charge on any atom is 0.165 e. The maximum absolute atomic E-state index is 12.7. The Morgan fingerprint density at radius 1 is 1.14 bits per heavy atom. The molecule has 37 heavy (non-hydrogen) atoms. The summed E-state index contributed by atoms with van der Waals surface area (Å²) >= 11 is 0. The van der Waals surface area contributed by atoms with Crippen LogP contribution in [0, 0.1) is 11.3 Å². The van der Waals surface area contributed by atoms with E-state index in [1.807, 2.05) is 24.3 Å². The van der Waals surface area contributed by atoms with Gasteiger partial charge in [0.05, 0.1) is 29.9 Å². The lowest BCUT2D eigenvalue weighted by molar-refractivity contribution is -0.218. The number of phenolic OH excluding ortho intramolecular Hbond substituents is 1. The SMILES string of the molecule is Oc1ccc2c3c1O[C@H]1[C@@]4(CC/C4=C\COCc4ccccn4)CC[C@@]4(O)[C@@H](C2)N(CC2CC2)CC[C@]314. The molecule has 3 saturated carbocycles. The Balaban J connectivity index is 1.15. The summed E-state index contributed by atoms with van der Waals surface area (Å²) in [6.45, 7) is 3.17. The van der Waals surface area contributed by atoms with E-state index < -0.39 is 11.0 Å². The number of aliphatic hydroxyl groups is 1. The summed E-state index contributed by atoms with van der Waals surface area (Å²) in [6, 6.07) is 9.93. The average molecular weight is 501 g/mol. The molecule has 2 aliphatic heterocycles. The highest BCUT2D eigenvalue weighted by Gasteiger charge is 2.77. The molecule has 4 fully saturated rings. The van der Waals surface area contributed by atoms with Crippen LogP contribution in [-0.2, 0) is 23.2 Å². The number of aromatic hydroxyl groups is 1. The fourth-order valence-corrected chi connectivity index (χ4v) is 8.89. The normalized spacial score (nSPS) is 38.4. The summed E-state index contributed by atoms with van der Waals surface area (Å²) in [5, 5.41) is 23.7. The Labute approximate surface area is 218 Å². The second-order valence-corrected chi connectivity index (χ2v) is 12.5. The van der Waals surface area contributed by atoms with Crippen molar-refractivity contribution < 1.29 is 19.7 Å². The number of benzene rings is 1. The van der Waals surface area contributed by atoms with Crippen molar-refractivity contribution in [1.29, 1.82) is 0 Å². The number of piperidine rings is 1. The van der Waals surface area contributed by atoms with E-state index in [1.165, 1.54) is 24.0 Å². The standard InChI is InChI=1S/C31H36N2O4/c34-24-7-6-21-17-25-31(35)12-11-29(10-8-22(29)9-16-36-19-23-3-1-2-14-32-23)28-30(31,26(21)27(24)37-28)13-15-33(25)18-20-4-5-20/h1-3,6-7,9,14,20,25,28,34-35H,4-5,8,10-13,15-19H2/b22-9+/t25-,28+,29+,30+,31-/m1/s1. The van der Waals surface area contributed by atoms with Gasteiger partial charge in [0.1, 0.15) is 6.10 Å². The molecule has 3 heterocycles. The van der Waals surface area contributed by atoms with Gasteiger partial charge >= 0.3 is 0 Å². The van der Waals surface area contributed by atoms with Gasteiger partial charge in [-0.1, -0.05) is 23.8 Å². The number of fused-ring (bicyclic) bond motifs is 1. The first-order valence-electron chi connectivity index (χ1n) is 14.2. The first-order valence-corrected chi connectivity index (χ1v) is 14.2. The van der Waals surface area contributed by atoms with Crippen LogP contribution in [0.1, 0.15) is 61.8 Å². The van der Waals surface area contributed by atoms with E-state index in [0.717, 1.165) is 68.8 Å². The highest BCUT2D eigenvalue weighted by Crippen LogP contribution is 2.72. The number of pyridine rings is 1. The van der Waals surface area contributed by atoms with Crippen molar-refractivity contribution in [2.75, 3.05) is 19.7 Å². The van der Waals surface area contributed by atoms with E-state index in [-0.39, 0.29) is 23.3 Å². The number of phenols is 1. The van der Waals surface area contributed by atoms with Gasteiger partial charge in [-0.2, -0.15) is 0 Å². The number of hydrogen-bond acceptors (Lipinski definition) is 6. The van der Waals surface area contributed by atoms with Gasteiger partial charge in [-0.15, -0.1) is 0 Å². The molecule has 2 bridgehead atoms. The summed E-state index contributed by atoms with van der Waals surface area (Å²) in [7, 11) is 0. The zero-order valence-corrected chi connectivity index (χ0v) is 21.4. The molecule has 5 atom stereocenters. The van der Waals surface area contributed by atoms with Crippen LogP contribution in [0.2, 0.25) is 0 Å². The lowest BCUT2D eigenvalue weighted by atomic mass is 9.40. The summed E-state index contributed by atoms with van der Waals surface area (Å²) in [5.41, 5.74) is 3.37. The fourth-order valence-electron chi connectivity index (χ4n) is 8.89. The van der Waals surface area contributed by atoms with E-state index >= 15 is 0 Å². The van der Waals surface area contributed by atoms with Crippen LogP contribution in [0.3, 0.4) is 0 Å². The number of rotatable bonds is 6. The van der Waals surface area contributed by atoms with Crippen LogP contribution < -0.4 is 4.74 Å². The Bertz CT molecular complexity index is 1280. The molecule has 6 aliphatic rings. The van der Waals surface area contributed by atoms with Gasteiger partial charge in [-0.3, -0.25) is 9.88 Å². The molecule has 8 rings (SSSR count). The van der Waals surface area contributed by atoms with Crippen LogP contribution in [0.25, 0.3) is 0 Å². The maximum atomic E-state index is 12.7. The largest absolute Gasteiger partial charge is 0.504 e. The third-order valence-electron chi connectivity index (χ3n) is 10.9. The lowest BCUT2D eigenvalue weighted by Crippen LogP contribution is -2.78. The van der Waals surface area contributed by atoms with Gasteiger partial charge < -0.3 is 19.7 Å². The Morgan fingerprint density at radius 3 is 2.84 bits per heavy atom. The second kappa shape index (κ2) is 7.81. The topological polar surface area (TPSA) is 75.0 Å².